The van der Waals surface area contributed by atoms with Crippen LogP contribution in [0, 0.1) is 0 Å². The number of methoxy groups -OCH3 is 1. The normalized spacial score (nSPS) is 11.7. The molecule has 1 atom stereocenters. The van der Waals surface area contributed by atoms with Gasteiger partial charge in [0.2, 0.25) is 5.91 Å². The van der Waals surface area contributed by atoms with Crippen molar-refractivity contribution in [3.8, 4) is 5.75 Å². The molecule has 0 bridgehead atoms. The van der Waals surface area contributed by atoms with Crippen molar-refractivity contribution in [2.45, 2.75) is 18.1 Å². The lowest BCUT2D eigenvalue weighted by Crippen LogP contribution is -2.28. The second kappa shape index (κ2) is 10.7. The van der Waals surface area contributed by atoms with E-state index in [0.717, 1.165) is 0 Å². The first-order chi connectivity index (χ1) is 15.3. The molecule has 32 heavy (non-hydrogen) atoms. The lowest BCUT2D eigenvalue weighted by atomic mass is 10.2. The highest BCUT2D eigenvalue weighted by Gasteiger charge is 2.19. The Bertz CT molecular complexity index is 1140. The molecule has 2 aromatic carbocycles. The molecule has 2 N–H and O–H groups in total. The van der Waals surface area contributed by atoms with Crippen molar-refractivity contribution >= 4 is 52.5 Å². The van der Waals surface area contributed by atoms with Gasteiger partial charge in [-0.05, 0) is 37.3 Å². The van der Waals surface area contributed by atoms with Crippen LogP contribution in [0.5, 0.6) is 5.75 Å². The van der Waals surface area contributed by atoms with Gasteiger partial charge in [-0.25, -0.2) is 0 Å². The molecule has 1 heterocycles. The predicted molar refractivity (Wildman–Crippen MR) is 126 cm³/mol. The minimum Gasteiger partial charge on any atom is -0.497 e. The summed E-state index contributed by atoms with van der Waals surface area (Å²) >= 11 is 13.1. The highest BCUT2D eigenvalue weighted by molar-refractivity contribution is 7.99. The number of hydrogen-bond donors (Lipinski definition) is 2. The van der Waals surface area contributed by atoms with Gasteiger partial charge in [0.05, 0.1) is 28.9 Å². The number of nitrogens with one attached hydrogen (secondary N) is 2. The van der Waals surface area contributed by atoms with Gasteiger partial charge in [-0.1, -0.05) is 41.0 Å². The van der Waals surface area contributed by atoms with Crippen molar-refractivity contribution < 1.29 is 14.3 Å². The van der Waals surface area contributed by atoms with Crippen LogP contribution in [0.3, 0.4) is 0 Å². The summed E-state index contributed by atoms with van der Waals surface area (Å²) in [6.07, 6.45) is 0. The summed E-state index contributed by atoms with van der Waals surface area (Å²) in [5, 5.41) is 15.2. The molecule has 11 heteroatoms. The molecule has 0 aliphatic rings. The number of nitrogens with zero attached hydrogens (tertiary/aromatic N) is 3. The number of rotatable bonds is 8. The molecular weight excluding hydrogens is 473 g/mol. The molecule has 3 rings (SSSR count). The van der Waals surface area contributed by atoms with Gasteiger partial charge in [0.1, 0.15) is 5.75 Å². The number of benzene rings is 2. The summed E-state index contributed by atoms with van der Waals surface area (Å²) in [5.74, 6) is 0.854. The average Bonchev–Trinajstić information content (AvgIpc) is 3.14. The molecular formula is C21H21Cl2N5O3S. The van der Waals surface area contributed by atoms with E-state index >= 15 is 0 Å². The van der Waals surface area contributed by atoms with E-state index in [0.29, 0.717) is 38.0 Å². The Morgan fingerprint density at radius 3 is 2.66 bits per heavy atom. The zero-order chi connectivity index (χ0) is 23.3. The van der Waals surface area contributed by atoms with Gasteiger partial charge in [0.15, 0.2) is 11.0 Å². The van der Waals surface area contributed by atoms with E-state index in [-0.39, 0.29) is 17.6 Å². The number of thioether (sulfide) groups is 1. The molecule has 0 fully saturated rings. The van der Waals surface area contributed by atoms with Crippen LogP contribution >= 0.6 is 35.0 Å². The lowest BCUT2D eigenvalue weighted by molar-refractivity contribution is -0.113. The molecule has 3 aromatic rings. The zero-order valence-electron chi connectivity index (χ0n) is 17.6. The standard InChI is InChI=1S/C21H21Cl2N5O3S/c1-12(24-20(30)13-7-8-16(22)17(23)9-13)19-26-27-21(28(19)2)32-11-18(29)25-14-5-4-6-15(10-14)31-3/h4-10,12H,11H2,1-3H3,(H,24,30)(H,25,29). The summed E-state index contributed by atoms with van der Waals surface area (Å²) < 4.78 is 6.89. The SMILES string of the molecule is COc1cccc(NC(=O)CSc2nnc(C(C)NC(=O)c3ccc(Cl)c(Cl)c3)n2C)c1. The first-order valence-electron chi connectivity index (χ1n) is 9.50. The van der Waals surface area contributed by atoms with Crippen LogP contribution in [0.15, 0.2) is 47.6 Å². The lowest BCUT2D eigenvalue weighted by Gasteiger charge is -2.14. The van der Waals surface area contributed by atoms with Crippen LogP contribution in [0.2, 0.25) is 10.0 Å². The van der Waals surface area contributed by atoms with Gasteiger partial charge >= 0.3 is 0 Å². The van der Waals surface area contributed by atoms with Crippen LogP contribution < -0.4 is 15.4 Å². The van der Waals surface area contributed by atoms with E-state index in [1.54, 1.807) is 62.0 Å². The first kappa shape index (κ1) is 23.9. The highest BCUT2D eigenvalue weighted by atomic mass is 35.5. The molecule has 0 spiro atoms. The number of amides is 2. The minimum atomic E-state index is -0.422. The number of hydrogen-bond acceptors (Lipinski definition) is 6. The number of carbonyl (C=O) groups excluding carboxylic acids is 2. The third kappa shape index (κ3) is 5.93. The van der Waals surface area contributed by atoms with Gasteiger partial charge in [-0.3, -0.25) is 9.59 Å². The van der Waals surface area contributed by atoms with Gasteiger partial charge in [-0.2, -0.15) is 0 Å². The predicted octanol–water partition coefficient (Wildman–Crippen LogP) is 4.35. The monoisotopic (exact) mass is 493 g/mol. The maximum Gasteiger partial charge on any atom is 0.251 e. The fraction of sp³-hybridized carbons (Fsp3) is 0.238. The van der Waals surface area contributed by atoms with Gasteiger partial charge in [0, 0.05) is 24.4 Å². The number of anilines is 1. The quantitative estimate of drug-likeness (QED) is 0.452. The summed E-state index contributed by atoms with van der Waals surface area (Å²) in [6.45, 7) is 1.80. The van der Waals surface area contributed by atoms with Crippen molar-refractivity contribution in [1.82, 2.24) is 20.1 Å². The molecule has 168 valence electrons. The van der Waals surface area contributed by atoms with Crippen LogP contribution in [-0.2, 0) is 11.8 Å². The topological polar surface area (TPSA) is 98.1 Å². The Kier molecular flexibility index (Phi) is 8.00. The van der Waals surface area contributed by atoms with E-state index in [2.05, 4.69) is 20.8 Å². The van der Waals surface area contributed by atoms with Crippen LogP contribution in [-0.4, -0.2) is 39.4 Å². The van der Waals surface area contributed by atoms with Crippen molar-refractivity contribution in [3.05, 3.63) is 63.9 Å². The first-order valence-corrected chi connectivity index (χ1v) is 11.2. The van der Waals surface area contributed by atoms with Gasteiger partial charge in [-0.15, -0.1) is 10.2 Å². The van der Waals surface area contributed by atoms with E-state index in [9.17, 15) is 9.59 Å². The van der Waals surface area contributed by atoms with Crippen LogP contribution in [0.1, 0.15) is 29.1 Å². The smallest absolute Gasteiger partial charge is 0.251 e. The van der Waals surface area contributed by atoms with E-state index in [1.165, 1.54) is 17.8 Å². The number of halogens is 2. The van der Waals surface area contributed by atoms with E-state index in [1.807, 2.05) is 0 Å². The number of aromatic nitrogens is 3. The van der Waals surface area contributed by atoms with Crippen molar-refractivity contribution in [1.29, 1.82) is 0 Å². The van der Waals surface area contributed by atoms with Crippen molar-refractivity contribution in [2.75, 3.05) is 18.2 Å². The molecule has 1 aromatic heterocycles. The molecule has 0 saturated carbocycles. The zero-order valence-corrected chi connectivity index (χ0v) is 19.9. The fourth-order valence-corrected chi connectivity index (χ4v) is 3.86. The summed E-state index contributed by atoms with van der Waals surface area (Å²) in [7, 11) is 3.34. The second-order valence-corrected chi connectivity index (χ2v) is 8.55. The molecule has 2 amide bonds. The maximum atomic E-state index is 12.5. The molecule has 0 radical (unpaired) electrons. The summed E-state index contributed by atoms with van der Waals surface area (Å²) in [5.41, 5.74) is 1.03. The van der Waals surface area contributed by atoms with E-state index in [4.69, 9.17) is 27.9 Å². The molecule has 0 saturated heterocycles. The van der Waals surface area contributed by atoms with Crippen molar-refractivity contribution in [3.63, 3.8) is 0 Å². The van der Waals surface area contributed by atoms with Crippen LogP contribution in [0.4, 0.5) is 5.69 Å². The van der Waals surface area contributed by atoms with Gasteiger partial charge in [0.25, 0.3) is 5.91 Å². The largest absolute Gasteiger partial charge is 0.497 e. The Morgan fingerprint density at radius 1 is 1.16 bits per heavy atom. The number of ether oxygens (including phenoxy) is 1. The van der Waals surface area contributed by atoms with Gasteiger partial charge < -0.3 is 19.9 Å². The maximum absolute atomic E-state index is 12.5. The minimum absolute atomic E-state index is 0.146. The summed E-state index contributed by atoms with van der Waals surface area (Å²) in [6, 6.07) is 11.4. The summed E-state index contributed by atoms with van der Waals surface area (Å²) in [4.78, 5) is 24.8. The van der Waals surface area contributed by atoms with E-state index < -0.39 is 6.04 Å². The molecule has 1 unspecified atom stereocenters. The second-order valence-electron chi connectivity index (χ2n) is 6.79. The third-order valence-corrected chi connectivity index (χ3v) is 6.23. The Hall–Kier alpha value is -2.75. The molecule has 0 aliphatic heterocycles. The number of carbonyl (C=O) groups is 2. The molecule has 8 nitrogen and oxygen atoms in total. The Morgan fingerprint density at radius 2 is 1.94 bits per heavy atom. The third-order valence-electron chi connectivity index (χ3n) is 4.47. The Labute approximate surface area is 199 Å². The fourth-order valence-electron chi connectivity index (χ4n) is 2.84. The van der Waals surface area contributed by atoms with Crippen molar-refractivity contribution in [2.24, 2.45) is 7.05 Å². The molecule has 0 aliphatic carbocycles. The highest BCUT2D eigenvalue weighted by Crippen LogP contribution is 2.24. The average molecular weight is 494 g/mol. The Balaban J connectivity index is 1.58. The van der Waals surface area contributed by atoms with Crippen LogP contribution in [0.25, 0.3) is 0 Å².